The van der Waals surface area contributed by atoms with Gasteiger partial charge in [0.1, 0.15) is 0 Å². The average Bonchev–Trinajstić information content (AvgIpc) is 3.11. The van der Waals surface area contributed by atoms with Crippen molar-refractivity contribution in [2.75, 3.05) is 11.4 Å². The summed E-state index contributed by atoms with van der Waals surface area (Å²) in [6, 6.07) is 7.91. The Morgan fingerprint density at radius 3 is 2.65 bits per heavy atom. The Balaban J connectivity index is 1.65. The highest BCUT2D eigenvalue weighted by atomic mass is 15.3. The molecule has 3 heterocycles. The van der Waals surface area contributed by atoms with Crippen LogP contribution in [0.3, 0.4) is 0 Å². The van der Waals surface area contributed by atoms with Gasteiger partial charge in [-0.25, -0.2) is 0 Å². The Morgan fingerprint density at radius 2 is 1.85 bits per heavy atom. The first-order valence-electron chi connectivity index (χ1n) is 10.8. The van der Waals surface area contributed by atoms with Crippen molar-refractivity contribution in [1.29, 1.82) is 0 Å². The van der Waals surface area contributed by atoms with Gasteiger partial charge in [0.2, 0.25) is 0 Å². The SMILES string of the molecule is CCCC(CCC)N1CCCc2cc(-c3cnn4c3CCCC4)ccc21. The van der Waals surface area contributed by atoms with E-state index in [4.69, 9.17) is 0 Å². The van der Waals surface area contributed by atoms with E-state index >= 15 is 0 Å². The highest BCUT2D eigenvalue weighted by Gasteiger charge is 2.24. The minimum Gasteiger partial charge on any atom is -0.368 e. The van der Waals surface area contributed by atoms with Crippen LogP contribution in [0.4, 0.5) is 5.69 Å². The zero-order chi connectivity index (χ0) is 17.9. The van der Waals surface area contributed by atoms with Gasteiger partial charge in [-0.15, -0.1) is 0 Å². The summed E-state index contributed by atoms with van der Waals surface area (Å²) >= 11 is 0. The van der Waals surface area contributed by atoms with Crippen LogP contribution in [0.25, 0.3) is 11.1 Å². The predicted molar refractivity (Wildman–Crippen MR) is 110 cm³/mol. The van der Waals surface area contributed by atoms with Crippen LogP contribution >= 0.6 is 0 Å². The molecule has 140 valence electrons. The fraction of sp³-hybridized carbons (Fsp3) is 0.609. The fourth-order valence-corrected chi connectivity index (χ4v) is 4.96. The number of aromatic nitrogens is 2. The number of fused-ring (bicyclic) bond motifs is 2. The molecule has 0 amide bonds. The zero-order valence-corrected chi connectivity index (χ0v) is 16.5. The summed E-state index contributed by atoms with van der Waals surface area (Å²) in [5, 5.41) is 4.64. The first-order chi connectivity index (χ1) is 12.8. The molecule has 0 saturated carbocycles. The van der Waals surface area contributed by atoms with Crippen molar-refractivity contribution in [1.82, 2.24) is 9.78 Å². The topological polar surface area (TPSA) is 21.1 Å². The smallest absolute Gasteiger partial charge is 0.0571 e. The van der Waals surface area contributed by atoms with Crippen molar-refractivity contribution >= 4 is 5.69 Å². The lowest BCUT2D eigenvalue weighted by atomic mass is 9.93. The maximum Gasteiger partial charge on any atom is 0.0571 e. The van der Waals surface area contributed by atoms with Gasteiger partial charge >= 0.3 is 0 Å². The number of nitrogens with zero attached hydrogens (tertiary/aromatic N) is 3. The summed E-state index contributed by atoms with van der Waals surface area (Å²) in [6.45, 7) is 6.95. The van der Waals surface area contributed by atoms with Gasteiger partial charge in [0.15, 0.2) is 0 Å². The van der Waals surface area contributed by atoms with Crippen molar-refractivity contribution in [3.8, 4) is 11.1 Å². The third-order valence-corrected chi connectivity index (χ3v) is 6.21. The van der Waals surface area contributed by atoms with E-state index in [-0.39, 0.29) is 0 Å². The number of hydrogen-bond acceptors (Lipinski definition) is 2. The first kappa shape index (κ1) is 17.6. The second kappa shape index (κ2) is 7.85. The van der Waals surface area contributed by atoms with Crippen molar-refractivity contribution in [2.24, 2.45) is 0 Å². The van der Waals surface area contributed by atoms with E-state index in [1.165, 1.54) is 86.8 Å². The van der Waals surface area contributed by atoms with Gasteiger partial charge in [-0.3, -0.25) is 4.68 Å². The Kier molecular flexibility index (Phi) is 5.33. The van der Waals surface area contributed by atoms with Gasteiger partial charge < -0.3 is 4.90 Å². The maximum absolute atomic E-state index is 4.64. The van der Waals surface area contributed by atoms with Crippen molar-refractivity contribution in [3.05, 3.63) is 35.7 Å². The Hall–Kier alpha value is -1.77. The molecule has 0 unspecified atom stereocenters. The van der Waals surface area contributed by atoms with Gasteiger partial charge in [0.25, 0.3) is 0 Å². The lowest BCUT2D eigenvalue weighted by molar-refractivity contribution is 0.486. The molecule has 0 aliphatic carbocycles. The van der Waals surface area contributed by atoms with Crippen LogP contribution in [-0.2, 0) is 19.4 Å². The molecule has 26 heavy (non-hydrogen) atoms. The number of anilines is 1. The van der Waals surface area contributed by atoms with Crippen LogP contribution in [0.2, 0.25) is 0 Å². The van der Waals surface area contributed by atoms with Crippen LogP contribution < -0.4 is 4.90 Å². The lowest BCUT2D eigenvalue weighted by Gasteiger charge is -2.38. The van der Waals surface area contributed by atoms with E-state index < -0.39 is 0 Å². The summed E-state index contributed by atoms with van der Waals surface area (Å²) in [6.07, 6.45) is 13.5. The number of benzene rings is 1. The predicted octanol–water partition coefficient (Wildman–Crippen LogP) is 5.61. The molecule has 0 saturated heterocycles. The van der Waals surface area contributed by atoms with E-state index in [0.717, 1.165) is 6.54 Å². The number of hydrogen-bond donors (Lipinski definition) is 0. The van der Waals surface area contributed by atoms with E-state index in [1.807, 2.05) is 0 Å². The van der Waals surface area contributed by atoms with Crippen molar-refractivity contribution in [2.45, 2.75) is 84.2 Å². The van der Waals surface area contributed by atoms with E-state index in [9.17, 15) is 0 Å². The monoisotopic (exact) mass is 351 g/mol. The number of rotatable bonds is 6. The van der Waals surface area contributed by atoms with Gasteiger partial charge in [0.05, 0.1) is 6.20 Å². The molecule has 3 heteroatoms. The highest BCUT2D eigenvalue weighted by molar-refractivity contribution is 5.71. The molecule has 4 rings (SSSR count). The summed E-state index contributed by atoms with van der Waals surface area (Å²) in [4.78, 5) is 2.71. The quantitative estimate of drug-likeness (QED) is 0.674. The minimum atomic E-state index is 0.707. The highest BCUT2D eigenvalue weighted by Crippen LogP contribution is 2.36. The molecule has 2 aromatic rings. The maximum atomic E-state index is 4.64. The Morgan fingerprint density at radius 1 is 1.00 bits per heavy atom. The molecule has 1 aromatic heterocycles. The largest absolute Gasteiger partial charge is 0.368 e. The average molecular weight is 352 g/mol. The second-order valence-corrected chi connectivity index (χ2v) is 8.06. The zero-order valence-electron chi connectivity index (χ0n) is 16.5. The van der Waals surface area contributed by atoms with Gasteiger partial charge in [-0.1, -0.05) is 32.8 Å². The van der Waals surface area contributed by atoms with Crippen LogP contribution in [0.15, 0.2) is 24.4 Å². The molecule has 0 spiro atoms. The van der Waals surface area contributed by atoms with E-state index in [0.29, 0.717) is 6.04 Å². The molecule has 0 atom stereocenters. The summed E-state index contributed by atoms with van der Waals surface area (Å²) in [7, 11) is 0. The minimum absolute atomic E-state index is 0.707. The Labute approximate surface area is 158 Å². The molecule has 3 nitrogen and oxygen atoms in total. The second-order valence-electron chi connectivity index (χ2n) is 8.06. The molecule has 0 radical (unpaired) electrons. The van der Waals surface area contributed by atoms with Crippen molar-refractivity contribution < 1.29 is 0 Å². The first-order valence-corrected chi connectivity index (χ1v) is 10.8. The molecule has 0 N–H and O–H groups in total. The molecular formula is C23H33N3. The molecule has 1 aromatic carbocycles. The van der Waals surface area contributed by atoms with Crippen LogP contribution in [0.1, 0.15) is 70.1 Å². The molecule has 2 aliphatic rings. The van der Waals surface area contributed by atoms with E-state index in [1.54, 1.807) is 5.56 Å². The number of aryl methyl sites for hydroxylation is 2. The lowest BCUT2D eigenvalue weighted by Crippen LogP contribution is -2.39. The fourth-order valence-electron chi connectivity index (χ4n) is 4.96. The molecule has 2 aliphatic heterocycles. The van der Waals surface area contributed by atoms with Gasteiger partial charge in [-0.2, -0.15) is 5.10 Å². The third-order valence-electron chi connectivity index (χ3n) is 6.21. The molecule has 0 fully saturated rings. The molecular weight excluding hydrogens is 318 g/mol. The van der Waals surface area contributed by atoms with Crippen LogP contribution in [0.5, 0.6) is 0 Å². The standard InChI is InChI=1S/C23H33N3/c1-3-8-20(9-4-2)25-14-7-10-19-16-18(12-13-22(19)25)21-17-24-26-15-6-5-11-23(21)26/h12-13,16-17,20H,3-11,14-15H2,1-2H3. The van der Waals surface area contributed by atoms with Crippen molar-refractivity contribution in [3.63, 3.8) is 0 Å². The summed E-state index contributed by atoms with van der Waals surface area (Å²) < 4.78 is 2.23. The van der Waals surface area contributed by atoms with E-state index in [2.05, 4.69) is 52.9 Å². The summed E-state index contributed by atoms with van der Waals surface area (Å²) in [5.74, 6) is 0. The normalized spacial score (nSPS) is 16.7. The van der Waals surface area contributed by atoms with Crippen LogP contribution in [0, 0.1) is 0 Å². The summed E-state index contributed by atoms with van der Waals surface area (Å²) in [5.41, 5.74) is 7.22. The molecule has 0 bridgehead atoms. The van der Waals surface area contributed by atoms with Crippen LogP contribution in [-0.4, -0.2) is 22.4 Å². The third kappa shape index (κ3) is 3.28. The van der Waals surface area contributed by atoms with Gasteiger partial charge in [-0.05, 0) is 68.2 Å². The van der Waals surface area contributed by atoms with Gasteiger partial charge in [0, 0.05) is 36.1 Å². The Bertz CT molecular complexity index is 740.